The highest BCUT2D eigenvalue weighted by Gasteiger charge is 2.29. The highest BCUT2D eigenvalue weighted by Crippen LogP contribution is 2.29. The Bertz CT molecular complexity index is 816. The number of carbonyl (C=O) groups excluding carboxylic acids is 4. The zero-order valence-electron chi connectivity index (χ0n) is 16.6. The van der Waals surface area contributed by atoms with Gasteiger partial charge in [-0.2, -0.15) is 0 Å². The lowest BCUT2D eigenvalue weighted by molar-refractivity contribution is -0.151. The molecule has 1 N–H and O–H groups in total. The van der Waals surface area contributed by atoms with Gasteiger partial charge in [0, 0.05) is 25.7 Å². The van der Waals surface area contributed by atoms with E-state index in [1.165, 1.54) is 4.90 Å². The van der Waals surface area contributed by atoms with Crippen molar-refractivity contribution in [3.05, 3.63) is 23.8 Å². The van der Waals surface area contributed by atoms with Crippen molar-refractivity contribution in [1.82, 2.24) is 9.80 Å². The molecular weight excluding hydrogens is 378 g/mol. The predicted molar refractivity (Wildman–Crippen MR) is 103 cm³/mol. The van der Waals surface area contributed by atoms with E-state index >= 15 is 0 Å². The van der Waals surface area contributed by atoms with Gasteiger partial charge < -0.3 is 24.6 Å². The zero-order chi connectivity index (χ0) is 21.0. The number of carbonyl (C=O) groups is 4. The number of rotatable bonds is 5. The Morgan fingerprint density at radius 2 is 2.00 bits per heavy atom. The van der Waals surface area contributed by atoms with Crippen molar-refractivity contribution in [2.45, 2.75) is 19.8 Å². The second-order valence-electron chi connectivity index (χ2n) is 7.12. The molecule has 9 nitrogen and oxygen atoms in total. The lowest BCUT2D eigenvalue weighted by Gasteiger charge is -2.32. The van der Waals surface area contributed by atoms with Gasteiger partial charge in [-0.15, -0.1) is 0 Å². The van der Waals surface area contributed by atoms with Crippen LogP contribution in [0.3, 0.4) is 0 Å². The summed E-state index contributed by atoms with van der Waals surface area (Å²) in [6, 6.07) is 4.75. The number of fused-ring (bicyclic) bond motifs is 1. The number of hydrogen-bond donors (Lipinski definition) is 1. The maximum absolute atomic E-state index is 12.7. The Morgan fingerprint density at radius 3 is 2.69 bits per heavy atom. The van der Waals surface area contributed by atoms with Crippen molar-refractivity contribution in [2.75, 3.05) is 45.2 Å². The molecule has 0 spiro atoms. The van der Waals surface area contributed by atoms with E-state index in [1.54, 1.807) is 37.1 Å². The number of likely N-dealkylation sites (N-methyl/N-ethyl adjacent to an activating group) is 1. The summed E-state index contributed by atoms with van der Waals surface area (Å²) in [7, 11) is 1.56. The van der Waals surface area contributed by atoms with Gasteiger partial charge in [0.1, 0.15) is 5.75 Å². The monoisotopic (exact) mass is 403 g/mol. The normalized spacial score (nSPS) is 16.3. The number of likely N-dealkylation sites (tertiary alicyclic amines) is 1. The largest absolute Gasteiger partial charge is 0.482 e. The molecule has 9 heteroatoms. The van der Waals surface area contributed by atoms with Crippen LogP contribution in [0.25, 0.3) is 0 Å². The van der Waals surface area contributed by atoms with Crippen LogP contribution in [0, 0.1) is 5.92 Å². The summed E-state index contributed by atoms with van der Waals surface area (Å²) in [6.07, 6.45) is 1.13. The minimum Gasteiger partial charge on any atom is -0.482 e. The first kappa shape index (κ1) is 20.6. The van der Waals surface area contributed by atoms with Gasteiger partial charge in [-0.25, -0.2) is 0 Å². The average molecular weight is 403 g/mol. The number of amides is 3. The smallest absolute Gasteiger partial charge is 0.309 e. The van der Waals surface area contributed by atoms with Gasteiger partial charge in [0.2, 0.25) is 5.91 Å². The maximum atomic E-state index is 12.7. The summed E-state index contributed by atoms with van der Waals surface area (Å²) in [6.45, 7) is 2.91. The Hall–Kier alpha value is -3.10. The summed E-state index contributed by atoms with van der Waals surface area (Å²) >= 11 is 0. The summed E-state index contributed by atoms with van der Waals surface area (Å²) in [5.41, 5.74) is 0.886. The average Bonchev–Trinajstić information content (AvgIpc) is 2.73. The molecule has 2 heterocycles. The van der Waals surface area contributed by atoms with Crippen LogP contribution in [0.2, 0.25) is 0 Å². The molecule has 0 atom stereocenters. The lowest BCUT2D eigenvalue weighted by atomic mass is 9.97. The van der Waals surface area contributed by atoms with Crippen LogP contribution in [-0.2, 0) is 19.1 Å². The molecule has 0 unspecified atom stereocenters. The fraction of sp³-hybridized carbons (Fsp3) is 0.500. The number of hydrogen-bond acceptors (Lipinski definition) is 6. The van der Waals surface area contributed by atoms with Crippen molar-refractivity contribution >= 4 is 29.4 Å². The molecule has 1 aromatic carbocycles. The number of nitrogens with one attached hydrogen (secondary N) is 1. The topological polar surface area (TPSA) is 105 Å². The molecule has 3 rings (SSSR count). The molecule has 2 aliphatic heterocycles. The van der Waals surface area contributed by atoms with Gasteiger partial charge >= 0.3 is 5.97 Å². The van der Waals surface area contributed by atoms with Gasteiger partial charge in [-0.1, -0.05) is 0 Å². The number of ether oxygens (including phenoxy) is 2. The molecule has 0 saturated carbocycles. The minimum atomic E-state index is -0.317. The first-order chi connectivity index (χ1) is 13.9. The van der Waals surface area contributed by atoms with E-state index in [0.717, 1.165) is 0 Å². The molecule has 0 radical (unpaired) electrons. The van der Waals surface area contributed by atoms with Crippen LogP contribution < -0.4 is 10.1 Å². The predicted octanol–water partition coefficient (Wildman–Crippen LogP) is 0.891. The zero-order valence-corrected chi connectivity index (χ0v) is 16.6. The first-order valence-electron chi connectivity index (χ1n) is 9.65. The van der Waals surface area contributed by atoms with E-state index in [4.69, 9.17) is 9.47 Å². The van der Waals surface area contributed by atoms with Crippen molar-refractivity contribution in [3.63, 3.8) is 0 Å². The molecule has 156 valence electrons. The van der Waals surface area contributed by atoms with Crippen LogP contribution in [0.5, 0.6) is 5.75 Å². The molecule has 1 fully saturated rings. The van der Waals surface area contributed by atoms with E-state index in [1.807, 2.05) is 0 Å². The molecule has 3 amide bonds. The SMILES string of the molecule is CCOC(=O)C1CCN(C(=O)CN(C)C(=O)c2ccc3c(c2)OCC(=O)N3)CC1. The summed E-state index contributed by atoms with van der Waals surface area (Å²) in [5.74, 6) is -0.679. The Balaban J connectivity index is 1.54. The first-order valence-corrected chi connectivity index (χ1v) is 9.65. The molecule has 0 bridgehead atoms. The van der Waals surface area contributed by atoms with E-state index < -0.39 is 0 Å². The lowest BCUT2D eigenvalue weighted by Crippen LogP contribution is -2.45. The number of anilines is 1. The third-order valence-electron chi connectivity index (χ3n) is 5.05. The maximum Gasteiger partial charge on any atom is 0.309 e. The van der Waals surface area contributed by atoms with E-state index in [9.17, 15) is 19.2 Å². The van der Waals surface area contributed by atoms with E-state index in [2.05, 4.69) is 5.32 Å². The molecule has 1 aromatic rings. The standard InChI is InChI=1S/C20H25N3O6/c1-3-28-20(27)13-6-8-23(9-7-13)18(25)11-22(2)19(26)14-4-5-15-16(10-14)29-12-17(24)21-15/h4-5,10,13H,3,6-9,11-12H2,1-2H3,(H,21,24). The highest BCUT2D eigenvalue weighted by atomic mass is 16.5. The van der Waals surface area contributed by atoms with Gasteiger partial charge in [0.05, 0.1) is 24.8 Å². The van der Waals surface area contributed by atoms with Crippen molar-refractivity contribution < 1.29 is 28.7 Å². The third kappa shape index (κ3) is 4.85. The quantitative estimate of drug-likeness (QED) is 0.732. The Morgan fingerprint density at radius 1 is 1.28 bits per heavy atom. The van der Waals surface area contributed by atoms with E-state index in [0.29, 0.717) is 49.5 Å². The minimum absolute atomic E-state index is 0.0580. The van der Waals surface area contributed by atoms with Crippen LogP contribution in [0.1, 0.15) is 30.1 Å². The van der Waals surface area contributed by atoms with Crippen molar-refractivity contribution in [1.29, 1.82) is 0 Å². The summed E-state index contributed by atoms with van der Waals surface area (Å²) in [5, 5.41) is 2.67. The van der Waals surface area contributed by atoms with E-state index in [-0.39, 0.29) is 42.8 Å². The highest BCUT2D eigenvalue weighted by molar-refractivity contribution is 5.99. The van der Waals surface area contributed by atoms with Crippen LogP contribution in [0.15, 0.2) is 18.2 Å². The fourth-order valence-electron chi connectivity index (χ4n) is 3.43. The van der Waals surface area contributed by atoms with Gasteiger partial charge in [0.15, 0.2) is 6.61 Å². The second kappa shape index (κ2) is 8.93. The number of nitrogens with zero attached hydrogens (tertiary/aromatic N) is 2. The van der Waals surface area contributed by atoms with Crippen LogP contribution in [0.4, 0.5) is 5.69 Å². The van der Waals surface area contributed by atoms with Gasteiger partial charge in [-0.3, -0.25) is 19.2 Å². The van der Waals surface area contributed by atoms with Gasteiger partial charge in [-0.05, 0) is 38.0 Å². The molecule has 0 aliphatic carbocycles. The van der Waals surface area contributed by atoms with Crippen LogP contribution >= 0.6 is 0 Å². The summed E-state index contributed by atoms with van der Waals surface area (Å²) in [4.78, 5) is 51.4. The molecule has 2 aliphatic rings. The fourth-order valence-corrected chi connectivity index (χ4v) is 3.43. The van der Waals surface area contributed by atoms with Crippen LogP contribution in [-0.4, -0.2) is 73.4 Å². The third-order valence-corrected chi connectivity index (χ3v) is 5.05. The molecule has 1 saturated heterocycles. The Kier molecular flexibility index (Phi) is 6.36. The summed E-state index contributed by atoms with van der Waals surface area (Å²) < 4.78 is 10.4. The van der Waals surface area contributed by atoms with Crippen molar-refractivity contribution in [3.8, 4) is 5.75 Å². The van der Waals surface area contributed by atoms with Crippen molar-refractivity contribution in [2.24, 2.45) is 5.92 Å². The molecule has 0 aromatic heterocycles. The van der Waals surface area contributed by atoms with Gasteiger partial charge in [0.25, 0.3) is 11.8 Å². The Labute approximate surface area is 168 Å². The number of piperidine rings is 1. The number of esters is 1. The molecular formula is C20H25N3O6. The second-order valence-corrected chi connectivity index (χ2v) is 7.12. The number of benzene rings is 1. The molecule has 29 heavy (non-hydrogen) atoms.